The van der Waals surface area contributed by atoms with E-state index in [-0.39, 0.29) is 23.9 Å². The van der Waals surface area contributed by atoms with Crippen LogP contribution in [-0.4, -0.2) is 40.4 Å². The highest BCUT2D eigenvalue weighted by molar-refractivity contribution is 5.96. The summed E-state index contributed by atoms with van der Waals surface area (Å²) in [6.45, 7) is 0.768. The normalized spacial score (nSPS) is 19.6. The van der Waals surface area contributed by atoms with Crippen LogP contribution in [0.4, 0.5) is 11.5 Å². The molecular formula is C11H15N3O3. The van der Waals surface area contributed by atoms with Crippen molar-refractivity contribution in [2.75, 3.05) is 23.8 Å². The van der Waals surface area contributed by atoms with Gasteiger partial charge in [-0.1, -0.05) is 0 Å². The summed E-state index contributed by atoms with van der Waals surface area (Å²) in [6.07, 6.45) is 3.25. The molecule has 0 radical (unpaired) electrons. The Morgan fingerprint density at radius 2 is 2.41 bits per heavy atom. The van der Waals surface area contributed by atoms with Gasteiger partial charge in [0, 0.05) is 12.7 Å². The molecule has 1 atom stereocenters. The van der Waals surface area contributed by atoms with Gasteiger partial charge in [-0.15, -0.1) is 0 Å². The number of aromatic carboxylic acids is 1. The van der Waals surface area contributed by atoms with E-state index in [1.54, 1.807) is 0 Å². The van der Waals surface area contributed by atoms with Crippen LogP contribution in [0.15, 0.2) is 12.3 Å². The van der Waals surface area contributed by atoms with Gasteiger partial charge in [0.2, 0.25) is 0 Å². The first-order valence-electron chi connectivity index (χ1n) is 5.50. The van der Waals surface area contributed by atoms with Crippen LogP contribution < -0.4 is 10.6 Å². The molecule has 2 heterocycles. The lowest BCUT2D eigenvalue weighted by Gasteiger charge is -2.25. The molecule has 1 aromatic heterocycles. The first-order valence-corrected chi connectivity index (χ1v) is 5.50. The van der Waals surface area contributed by atoms with E-state index in [2.05, 4.69) is 4.98 Å². The fourth-order valence-corrected chi connectivity index (χ4v) is 2.18. The molecule has 0 spiro atoms. The van der Waals surface area contributed by atoms with Crippen molar-refractivity contribution in [3.8, 4) is 0 Å². The molecule has 6 heteroatoms. The molecular weight excluding hydrogens is 222 g/mol. The van der Waals surface area contributed by atoms with E-state index in [4.69, 9.17) is 10.8 Å². The number of aliphatic hydroxyl groups excluding tert-OH is 1. The average molecular weight is 237 g/mol. The number of carbonyl (C=O) groups is 1. The maximum atomic E-state index is 11.0. The summed E-state index contributed by atoms with van der Waals surface area (Å²) in [4.78, 5) is 17.0. The maximum Gasteiger partial charge on any atom is 0.337 e. The number of nitrogens with zero attached hydrogens (tertiary/aromatic N) is 2. The summed E-state index contributed by atoms with van der Waals surface area (Å²) in [6, 6.07) is 1.36. The highest BCUT2D eigenvalue weighted by Gasteiger charge is 2.27. The standard InChI is InChI=1S/C11H15N3O3/c12-9-8(11(16)17)3-4-13-10(9)14-5-1-2-7(14)6-15/h3-4,7,15H,1-2,5-6,12H2,(H,16,17). The summed E-state index contributed by atoms with van der Waals surface area (Å²) in [5.74, 6) is -0.604. The SMILES string of the molecule is Nc1c(C(=O)O)ccnc1N1CCCC1CO. The summed E-state index contributed by atoms with van der Waals surface area (Å²) < 4.78 is 0. The number of nitrogen functional groups attached to an aromatic ring is 1. The lowest BCUT2D eigenvalue weighted by Crippen LogP contribution is -2.33. The smallest absolute Gasteiger partial charge is 0.337 e. The van der Waals surface area contributed by atoms with E-state index >= 15 is 0 Å². The van der Waals surface area contributed by atoms with Crippen molar-refractivity contribution >= 4 is 17.5 Å². The zero-order valence-electron chi connectivity index (χ0n) is 9.33. The topological polar surface area (TPSA) is 99.7 Å². The minimum absolute atomic E-state index is 0.0196. The minimum Gasteiger partial charge on any atom is -0.478 e. The molecule has 17 heavy (non-hydrogen) atoms. The van der Waals surface area contributed by atoms with Crippen molar-refractivity contribution in [3.63, 3.8) is 0 Å². The van der Waals surface area contributed by atoms with Crippen LogP contribution in [0.2, 0.25) is 0 Å². The number of hydrogen-bond donors (Lipinski definition) is 3. The van der Waals surface area contributed by atoms with Crippen molar-refractivity contribution in [2.24, 2.45) is 0 Å². The summed E-state index contributed by atoms with van der Waals surface area (Å²) in [7, 11) is 0. The molecule has 92 valence electrons. The Balaban J connectivity index is 2.38. The Labute approximate surface area is 98.7 Å². The van der Waals surface area contributed by atoms with Gasteiger partial charge < -0.3 is 20.8 Å². The molecule has 6 nitrogen and oxygen atoms in total. The van der Waals surface area contributed by atoms with E-state index in [9.17, 15) is 9.90 Å². The molecule has 4 N–H and O–H groups in total. The van der Waals surface area contributed by atoms with Crippen LogP contribution in [0.5, 0.6) is 0 Å². The first-order chi connectivity index (χ1) is 8.15. The van der Waals surface area contributed by atoms with Crippen molar-refractivity contribution in [3.05, 3.63) is 17.8 Å². The van der Waals surface area contributed by atoms with Gasteiger partial charge in [-0.05, 0) is 18.9 Å². The van der Waals surface area contributed by atoms with Gasteiger partial charge in [-0.25, -0.2) is 9.78 Å². The summed E-state index contributed by atoms with van der Waals surface area (Å²) >= 11 is 0. The fraction of sp³-hybridized carbons (Fsp3) is 0.455. The summed E-state index contributed by atoms with van der Waals surface area (Å²) in [5.41, 5.74) is 6.04. The van der Waals surface area contributed by atoms with Crippen LogP contribution >= 0.6 is 0 Å². The van der Waals surface area contributed by atoms with E-state index in [0.29, 0.717) is 5.82 Å². The van der Waals surface area contributed by atoms with Crippen LogP contribution in [0.1, 0.15) is 23.2 Å². The summed E-state index contributed by atoms with van der Waals surface area (Å²) in [5, 5.41) is 18.2. The first kappa shape index (κ1) is 11.7. The Hall–Kier alpha value is -1.82. The maximum absolute atomic E-state index is 11.0. The number of rotatable bonds is 3. The molecule has 1 aliphatic heterocycles. The molecule has 0 aliphatic carbocycles. The third kappa shape index (κ3) is 2.03. The third-order valence-electron chi connectivity index (χ3n) is 3.06. The quantitative estimate of drug-likeness (QED) is 0.700. The Bertz CT molecular complexity index is 436. The van der Waals surface area contributed by atoms with Crippen molar-refractivity contribution in [1.82, 2.24) is 4.98 Å². The molecule has 1 unspecified atom stereocenters. The Morgan fingerprint density at radius 1 is 1.65 bits per heavy atom. The number of pyridine rings is 1. The zero-order valence-corrected chi connectivity index (χ0v) is 9.33. The second-order valence-corrected chi connectivity index (χ2v) is 4.07. The van der Waals surface area contributed by atoms with Gasteiger partial charge in [0.15, 0.2) is 5.82 Å². The Kier molecular flexibility index (Phi) is 3.14. The molecule has 2 rings (SSSR count). The van der Waals surface area contributed by atoms with Crippen LogP contribution in [-0.2, 0) is 0 Å². The molecule has 0 bridgehead atoms. The van der Waals surface area contributed by atoms with Crippen molar-refractivity contribution in [2.45, 2.75) is 18.9 Å². The van der Waals surface area contributed by atoms with E-state index in [1.807, 2.05) is 4.90 Å². The number of aromatic nitrogens is 1. The zero-order chi connectivity index (χ0) is 12.4. The van der Waals surface area contributed by atoms with E-state index in [1.165, 1.54) is 12.3 Å². The number of carboxylic acids is 1. The van der Waals surface area contributed by atoms with Crippen LogP contribution in [0.3, 0.4) is 0 Å². The van der Waals surface area contributed by atoms with Gasteiger partial charge in [0.25, 0.3) is 0 Å². The second-order valence-electron chi connectivity index (χ2n) is 4.07. The van der Waals surface area contributed by atoms with Gasteiger partial charge >= 0.3 is 5.97 Å². The van der Waals surface area contributed by atoms with Crippen molar-refractivity contribution < 1.29 is 15.0 Å². The molecule has 1 fully saturated rings. The van der Waals surface area contributed by atoms with Crippen molar-refractivity contribution in [1.29, 1.82) is 0 Å². The lowest BCUT2D eigenvalue weighted by atomic mass is 10.2. The van der Waals surface area contributed by atoms with Crippen LogP contribution in [0, 0.1) is 0 Å². The van der Waals surface area contributed by atoms with E-state index in [0.717, 1.165) is 19.4 Å². The van der Waals surface area contributed by atoms with Crippen LogP contribution in [0.25, 0.3) is 0 Å². The number of aliphatic hydroxyl groups is 1. The molecule has 0 saturated carbocycles. The predicted octanol–water partition coefficient (Wildman–Crippen LogP) is 0.323. The van der Waals surface area contributed by atoms with Gasteiger partial charge in [-0.3, -0.25) is 0 Å². The monoisotopic (exact) mass is 237 g/mol. The molecule has 1 aliphatic rings. The third-order valence-corrected chi connectivity index (χ3v) is 3.06. The fourth-order valence-electron chi connectivity index (χ4n) is 2.18. The molecule has 0 aromatic carbocycles. The van der Waals surface area contributed by atoms with Gasteiger partial charge in [-0.2, -0.15) is 0 Å². The number of carboxylic acid groups (broad SMARTS) is 1. The molecule has 0 amide bonds. The minimum atomic E-state index is -1.06. The highest BCUT2D eigenvalue weighted by Crippen LogP contribution is 2.30. The molecule has 1 saturated heterocycles. The highest BCUT2D eigenvalue weighted by atomic mass is 16.4. The lowest BCUT2D eigenvalue weighted by molar-refractivity contribution is 0.0698. The predicted molar refractivity (Wildman–Crippen MR) is 63.1 cm³/mol. The number of nitrogens with two attached hydrogens (primary N) is 1. The van der Waals surface area contributed by atoms with E-state index < -0.39 is 5.97 Å². The number of hydrogen-bond acceptors (Lipinski definition) is 5. The average Bonchev–Trinajstić information content (AvgIpc) is 2.76. The van der Waals surface area contributed by atoms with Gasteiger partial charge in [0.1, 0.15) is 0 Å². The number of anilines is 2. The second kappa shape index (κ2) is 4.58. The molecule has 1 aromatic rings. The largest absolute Gasteiger partial charge is 0.478 e. The Morgan fingerprint density at radius 3 is 3.06 bits per heavy atom. The van der Waals surface area contributed by atoms with Gasteiger partial charge in [0.05, 0.1) is 23.9 Å².